The van der Waals surface area contributed by atoms with Crippen molar-refractivity contribution >= 4 is 23.3 Å². The van der Waals surface area contributed by atoms with Gasteiger partial charge in [0.1, 0.15) is 0 Å². The van der Waals surface area contributed by atoms with Crippen molar-refractivity contribution in [1.82, 2.24) is 15.5 Å². The van der Waals surface area contributed by atoms with Gasteiger partial charge in [0.2, 0.25) is 5.89 Å². The SMILES string of the molecule is CNCc1nnc(Nc2cc(Cl)ccc2C)o1. The second-order valence-corrected chi connectivity index (χ2v) is 4.05. The van der Waals surface area contributed by atoms with Gasteiger partial charge in [0, 0.05) is 10.7 Å². The number of anilines is 2. The highest BCUT2D eigenvalue weighted by Gasteiger charge is 2.07. The Labute approximate surface area is 104 Å². The van der Waals surface area contributed by atoms with Gasteiger partial charge >= 0.3 is 6.01 Å². The van der Waals surface area contributed by atoms with Crippen LogP contribution >= 0.6 is 11.6 Å². The van der Waals surface area contributed by atoms with Crippen molar-refractivity contribution in [2.45, 2.75) is 13.5 Å². The molecule has 90 valence electrons. The molecule has 0 saturated carbocycles. The summed E-state index contributed by atoms with van der Waals surface area (Å²) < 4.78 is 5.38. The van der Waals surface area contributed by atoms with Gasteiger partial charge in [-0.3, -0.25) is 0 Å². The molecule has 0 saturated heterocycles. The van der Waals surface area contributed by atoms with Gasteiger partial charge in [0.25, 0.3) is 0 Å². The molecular weight excluding hydrogens is 240 g/mol. The lowest BCUT2D eigenvalue weighted by molar-refractivity contribution is 0.493. The van der Waals surface area contributed by atoms with Crippen LogP contribution in [0, 0.1) is 6.92 Å². The van der Waals surface area contributed by atoms with Gasteiger partial charge in [-0.1, -0.05) is 22.8 Å². The molecule has 1 aromatic heterocycles. The second-order valence-electron chi connectivity index (χ2n) is 3.62. The molecule has 2 aromatic rings. The number of aryl methyl sites for hydroxylation is 1. The smallest absolute Gasteiger partial charge is 0.320 e. The van der Waals surface area contributed by atoms with Crippen LogP contribution in [-0.4, -0.2) is 17.2 Å². The van der Waals surface area contributed by atoms with Crippen molar-refractivity contribution in [2.24, 2.45) is 0 Å². The first kappa shape index (κ1) is 11.9. The first-order valence-electron chi connectivity index (χ1n) is 5.19. The maximum atomic E-state index is 5.92. The fourth-order valence-electron chi connectivity index (χ4n) is 1.37. The maximum absolute atomic E-state index is 5.92. The van der Waals surface area contributed by atoms with Crippen molar-refractivity contribution in [3.63, 3.8) is 0 Å². The van der Waals surface area contributed by atoms with Gasteiger partial charge < -0.3 is 15.1 Å². The fourth-order valence-corrected chi connectivity index (χ4v) is 1.54. The first-order chi connectivity index (χ1) is 8.19. The highest BCUT2D eigenvalue weighted by atomic mass is 35.5. The van der Waals surface area contributed by atoms with E-state index in [9.17, 15) is 0 Å². The monoisotopic (exact) mass is 252 g/mol. The van der Waals surface area contributed by atoms with Gasteiger partial charge in [0.15, 0.2) is 0 Å². The van der Waals surface area contributed by atoms with Crippen LogP contribution in [0.2, 0.25) is 5.02 Å². The van der Waals surface area contributed by atoms with E-state index >= 15 is 0 Å². The van der Waals surface area contributed by atoms with E-state index in [2.05, 4.69) is 20.8 Å². The van der Waals surface area contributed by atoms with Gasteiger partial charge in [-0.2, -0.15) is 0 Å². The summed E-state index contributed by atoms with van der Waals surface area (Å²) in [5.41, 5.74) is 1.92. The van der Waals surface area contributed by atoms with Gasteiger partial charge in [-0.25, -0.2) is 0 Å². The molecule has 1 aromatic carbocycles. The van der Waals surface area contributed by atoms with Crippen LogP contribution in [0.3, 0.4) is 0 Å². The number of hydrogen-bond acceptors (Lipinski definition) is 5. The molecule has 0 aliphatic heterocycles. The van der Waals surface area contributed by atoms with Crippen LogP contribution < -0.4 is 10.6 Å². The first-order valence-corrected chi connectivity index (χ1v) is 5.57. The number of nitrogens with zero attached hydrogens (tertiary/aromatic N) is 2. The van der Waals surface area contributed by atoms with Crippen LogP contribution in [0.1, 0.15) is 11.5 Å². The van der Waals surface area contributed by atoms with E-state index in [1.807, 2.05) is 32.2 Å². The molecule has 1 heterocycles. The van der Waals surface area contributed by atoms with E-state index in [0.29, 0.717) is 23.5 Å². The number of nitrogens with one attached hydrogen (secondary N) is 2. The van der Waals surface area contributed by atoms with E-state index in [0.717, 1.165) is 11.3 Å². The van der Waals surface area contributed by atoms with Crippen molar-refractivity contribution in [3.05, 3.63) is 34.7 Å². The molecule has 17 heavy (non-hydrogen) atoms. The topological polar surface area (TPSA) is 63.0 Å². The Kier molecular flexibility index (Phi) is 3.61. The Hall–Kier alpha value is -1.59. The normalized spacial score (nSPS) is 10.5. The van der Waals surface area contributed by atoms with Gasteiger partial charge in [-0.05, 0) is 31.7 Å². The zero-order valence-corrected chi connectivity index (χ0v) is 10.4. The fraction of sp³-hybridized carbons (Fsp3) is 0.273. The highest BCUT2D eigenvalue weighted by molar-refractivity contribution is 6.30. The average Bonchev–Trinajstić information content (AvgIpc) is 2.72. The molecule has 0 bridgehead atoms. The molecule has 0 fully saturated rings. The lowest BCUT2D eigenvalue weighted by Crippen LogP contribution is -2.04. The maximum Gasteiger partial charge on any atom is 0.320 e. The summed E-state index contributed by atoms with van der Waals surface area (Å²) in [6, 6.07) is 5.94. The Balaban J connectivity index is 2.16. The molecule has 6 heteroatoms. The number of benzene rings is 1. The third kappa shape index (κ3) is 2.95. The molecule has 0 aliphatic rings. The molecule has 2 N–H and O–H groups in total. The van der Waals surface area contributed by atoms with Crippen LogP contribution in [0.4, 0.5) is 11.7 Å². The quantitative estimate of drug-likeness (QED) is 0.875. The third-order valence-corrected chi connectivity index (χ3v) is 2.47. The summed E-state index contributed by atoms with van der Waals surface area (Å²) >= 11 is 5.92. The molecular formula is C11H13ClN4O. The van der Waals surface area contributed by atoms with Crippen molar-refractivity contribution in [1.29, 1.82) is 0 Å². The zero-order valence-electron chi connectivity index (χ0n) is 9.62. The minimum atomic E-state index is 0.362. The lowest BCUT2D eigenvalue weighted by Gasteiger charge is -2.05. The molecule has 0 spiro atoms. The number of halogens is 1. The number of aromatic nitrogens is 2. The van der Waals surface area contributed by atoms with Gasteiger partial charge in [-0.15, -0.1) is 5.10 Å². The Morgan fingerprint density at radius 3 is 2.94 bits per heavy atom. The number of rotatable bonds is 4. The standard InChI is InChI=1S/C11H13ClN4O/c1-7-3-4-8(12)5-9(7)14-11-16-15-10(17-11)6-13-2/h3-5,13H,6H2,1-2H3,(H,14,16). The van der Waals surface area contributed by atoms with E-state index in [1.165, 1.54) is 0 Å². The van der Waals surface area contributed by atoms with Gasteiger partial charge in [0.05, 0.1) is 6.54 Å². The second kappa shape index (κ2) is 5.16. The van der Waals surface area contributed by atoms with E-state index < -0.39 is 0 Å². The predicted octanol–water partition coefficient (Wildman–Crippen LogP) is 2.49. The summed E-state index contributed by atoms with van der Waals surface area (Å²) in [6.45, 7) is 2.52. The van der Waals surface area contributed by atoms with Crippen LogP contribution in [0.15, 0.2) is 22.6 Å². The van der Waals surface area contributed by atoms with Crippen molar-refractivity contribution in [3.8, 4) is 0 Å². The Morgan fingerprint density at radius 1 is 1.35 bits per heavy atom. The summed E-state index contributed by atoms with van der Waals surface area (Å²) in [5.74, 6) is 0.537. The third-order valence-electron chi connectivity index (χ3n) is 2.24. The van der Waals surface area contributed by atoms with E-state index in [-0.39, 0.29) is 0 Å². The molecule has 0 unspecified atom stereocenters. The summed E-state index contributed by atoms with van der Waals surface area (Å²) in [6.07, 6.45) is 0. The van der Waals surface area contributed by atoms with E-state index in [4.69, 9.17) is 16.0 Å². The molecule has 5 nitrogen and oxygen atoms in total. The Morgan fingerprint density at radius 2 is 2.18 bits per heavy atom. The highest BCUT2D eigenvalue weighted by Crippen LogP contribution is 2.23. The van der Waals surface area contributed by atoms with Crippen LogP contribution in [0.25, 0.3) is 0 Å². The minimum Gasteiger partial charge on any atom is -0.406 e. The van der Waals surface area contributed by atoms with Crippen molar-refractivity contribution in [2.75, 3.05) is 12.4 Å². The minimum absolute atomic E-state index is 0.362. The van der Waals surface area contributed by atoms with Crippen LogP contribution in [0.5, 0.6) is 0 Å². The summed E-state index contributed by atoms with van der Waals surface area (Å²) in [7, 11) is 1.82. The zero-order chi connectivity index (χ0) is 12.3. The van der Waals surface area contributed by atoms with Crippen molar-refractivity contribution < 1.29 is 4.42 Å². The average molecular weight is 253 g/mol. The summed E-state index contributed by atoms with van der Waals surface area (Å²) in [5, 5.41) is 14.4. The number of hydrogen-bond donors (Lipinski definition) is 2. The molecule has 0 atom stereocenters. The van der Waals surface area contributed by atoms with E-state index in [1.54, 1.807) is 0 Å². The Bertz CT molecular complexity index is 512. The predicted molar refractivity (Wildman–Crippen MR) is 66.5 cm³/mol. The lowest BCUT2D eigenvalue weighted by atomic mass is 10.2. The summed E-state index contributed by atoms with van der Waals surface area (Å²) in [4.78, 5) is 0. The molecule has 0 radical (unpaired) electrons. The molecule has 0 aliphatic carbocycles. The molecule has 2 rings (SSSR count). The largest absolute Gasteiger partial charge is 0.406 e. The molecule has 0 amide bonds. The van der Waals surface area contributed by atoms with Crippen LogP contribution in [-0.2, 0) is 6.54 Å².